The van der Waals surface area contributed by atoms with E-state index in [1.165, 1.54) is 0 Å². The first kappa shape index (κ1) is 19.6. The average molecular weight is 362 g/mol. The molecule has 0 bridgehead atoms. The summed E-state index contributed by atoms with van der Waals surface area (Å²) in [5.74, 6) is -1.24. The summed E-state index contributed by atoms with van der Waals surface area (Å²) in [6.45, 7) is 4.63. The van der Waals surface area contributed by atoms with Gasteiger partial charge in [0, 0.05) is 11.3 Å². The Morgan fingerprint density at radius 2 is 1.86 bits per heavy atom. The molecule has 1 saturated heterocycles. The van der Waals surface area contributed by atoms with Gasteiger partial charge in [0.1, 0.15) is 5.78 Å². The Balaban J connectivity index is 2.62. The summed E-state index contributed by atoms with van der Waals surface area (Å²) in [7, 11) is -9.16. The first-order valence-electron chi connectivity index (χ1n) is 6.60. The van der Waals surface area contributed by atoms with Crippen LogP contribution >= 0.6 is 27.8 Å². The number of hydrogen-bond acceptors (Lipinski definition) is 5. The second kappa shape index (κ2) is 6.99. The minimum atomic E-state index is -4.65. The van der Waals surface area contributed by atoms with E-state index in [9.17, 15) is 18.9 Å². The Hall–Kier alpha value is 0.570. The average Bonchev–Trinajstić information content (AvgIpc) is 2.24. The van der Waals surface area contributed by atoms with E-state index in [0.717, 1.165) is 6.42 Å². The smallest absolute Gasteiger partial charge is 0.324 e. The molecular weight excluding hydrogens is 338 g/mol. The van der Waals surface area contributed by atoms with Gasteiger partial charge in [0.05, 0.1) is 12.3 Å². The summed E-state index contributed by atoms with van der Waals surface area (Å²) in [4.78, 5) is 36.3. The third-order valence-electron chi connectivity index (χ3n) is 3.62. The van der Waals surface area contributed by atoms with Gasteiger partial charge in [0.15, 0.2) is 0 Å². The molecule has 0 radical (unpaired) electrons. The van der Waals surface area contributed by atoms with Crippen LogP contribution < -0.4 is 10.6 Å². The lowest BCUT2D eigenvalue weighted by Crippen LogP contribution is -2.54. The maximum atomic E-state index is 11.4. The van der Waals surface area contributed by atoms with Gasteiger partial charge in [-0.25, -0.2) is 0 Å². The van der Waals surface area contributed by atoms with Crippen molar-refractivity contribution < 1.29 is 28.7 Å². The molecule has 1 aliphatic rings. The van der Waals surface area contributed by atoms with Crippen molar-refractivity contribution in [1.82, 2.24) is 10.6 Å². The van der Waals surface area contributed by atoms with Gasteiger partial charge in [-0.15, -0.1) is 0 Å². The molecule has 0 aromatic carbocycles. The van der Waals surface area contributed by atoms with E-state index in [4.69, 9.17) is 9.79 Å². The van der Waals surface area contributed by atoms with Crippen molar-refractivity contribution in [3.05, 3.63) is 0 Å². The van der Waals surface area contributed by atoms with E-state index < -0.39 is 27.1 Å². The van der Waals surface area contributed by atoms with Crippen LogP contribution in [0.25, 0.3) is 0 Å². The fraction of sp³-hybridized carbons (Fsp3) is 1.00. The molecule has 1 aliphatic heterocycles. The van der Waals surface area contributed by atoms with Gasteiger partial charge >= 0.3 is 15.2 Å². The van der Waals surface area contributed by atoms with Crippen LogP contribution in [-0.4, -0.2) is 49.0 Å². The predicted octanol–water partition coefficient (Wildman–Crippen LogP) is 0.292. The van der Waals surface area contributed by atoms with Gasteiger partial charge in [-0.1, -0.05) is 13.8 Å². The molecule has 0 aromatic heterocycles. The van der Waals surface area contributed by atoms with Crippen molar-refractivity contribution >= 4 is 27.8 Å². The van der Waals surface area contributed by atoms with Crippen LogP contribution in [0.3, 0.4) is 0 Å². The zero-order chi connectivity index (χ0) is 16.5. The monoisotopic (exact) mass is 362 g/mol. The van der Waals surface area contributed by atoms with Crippen molar-refractivity contribution in [2.75, 3.05) is 12.7 Å². The van der Waals surface area contributed by atoms with Crippen molar-refractivity contribution in [2.24, 2.45) is 5.92 Å². The number of thiol groups is 1. The van der Waals surface area contributed by atoms with E-state index in [2.05, 4.69) is 23.3 Å². The molecule has 1 rings (SSSR count). The van der Waals surface area contributed by atoms with Crippen molar-refractivity contribution in [3.8, 4) is 0 Å². The highest BCUT2D eigenvalue weighted by Gasteiger charge is 2.38. The third-order valence-corrected chi connectivity index (χ3v) is 6.26. The van der Waals surface area contributed by atoms with Gasteiger partial charge in [-0.3, -0.25) is 14.4 Å². The Labute approximate surface area is 129 Å². The van der Waals surface area contributed by atoms with E-state index in [1.54, 1.807) is 0 Å². The molecule has 3 atom stereocenters. The second-order valence-corrected chi connectivity index (χ2v) is 10.7. The standard InChI is InChI=1S/C10H24N2O6P2S/c1-10(2,21)7-3-4-8(11-5-7)12-9(20(16,17)18)6-19(13,14)15/h7-9,11-12,21H,3-6H2,1-2H3,(H2,13,14,15)(H2,16,17,18). The molecule has 0 aromatic rings. The molecule has 1 heterocycles. The number of hydrogen-bond donors (Lipinski definition) is 7. The summed E-state index contributed by atoms with van der Waals surface area (Å²) < 4.78 is 22.2. The van der Waals surface area contributed by atoms with Crippen LogP contribution in [-0.2, 0) is 9.13 Å². The lowest BCUT2D eigenvalue weighted by molar-refractivity contribution is 0.236. The SMILES string of the molecule is CC(C)(S)C1CCC(NC(CP(=O)(O)O)P(=O)(O)O)NC1. The molecule has 11 heteroatoms. The van der Waals surface area contributed by atoms with Crippen molar-refractivity contribution in [1.29, 1.82) is 0 Å². The lowest BCUT2D eigenvalue weighted by atomic mass is 9.87. The molecule has 126 valence electrons. The van der Waals surface area contributed by atoms with Crippen LogP contribution in [0.4, 0.5) is 0 Å². The summed E-state index contributed by atoms with van der Waals surface area (Å²) in [6, 6.07) is 0. The first-order valence-corrected chi connectivity index (χ1v) is 10.5. The van der Waals surface area contributed by atoms with E-state index in [-0.39, 0.29) is 10.9 Å². The molecule has 21 heavy (non-hydrogen) atoms. The molecule has 0 spiro atoms. The predicted molar refractivity (Wildman–Crippen MR) is 83.5 cm³/mol. The Morgan fingerprint density at radius 1 is 1.29 bits per heavy atom. The Kier molecular flexibility index (Phi) is 6.53. The highest BCUT2D eigenvalue weighted by atomic mass is 32.1. The topological polar surface area (TPSA) is 139 Å². The Bertz CT molecular complexity index is 437. The summed E-state index contributed by atoms with van der Waals surface area (Å²) in [5, 5.41) is 5.74. The zero-order valence-electron chi connectivity index (χ0n) is 12.0. The van der Waals surface area contributed by atoms with Gasteiger partial charge in [0.2, 0.25) is 0 Å². The molecule has 3 unspecified atom stereocenters. The number of rotatable bonds is 6. The maximum absolute atomic E-state index is 11.4. The minimum absolute atomic E-state index is 0.160. The van der Waals surface area contributed by atoms with Crippen LogP contribution in [0.15, 0.2) is 0 Å². The largest absolute Gasteiger partial charge is 0.343 e. The van der Waals surface area contributed by atoms with E-state index in [1.807, 2.05) is 13.8 Å². The van der Waals surface area contributed by atoms with E-state index >= 15 is 0 Å². The molecule has 8 nitrogen and oxygen atoms in total. The quantitative estimate of drug-likeness (QED) is 0.264. The minimum Gasteiger partial charge on any atom is -0.324 e. The molecule has 0 amide bonds. The first-order chi connectivity index (χ1) is 9.29. The molecule has 1 fully saturated rings. The van der Waals surface area contributed by atoms with E-state index in [0.29, 0.717) is 18.9 Å². The molecule has 0 saturated carbocycles. The fourth-order valence-electron chi connectivity index (χ4n) is 2.32. The highest BCUT2D eigenvalue weighted by Crippen LogP contribution is 2.47. The molecular formula is C10H24N2O6P2S. The zero-order valence-corrected chi connectivity index (χ0v) is 14.7. The van der Waals surface area contributed by atoms with Gasteiger partial charge in [-0.05, 0) is 18.8 Å². The van der Waals surface area contributed by atoms with Crippen LogP contribution in [0.5, 0.6) is 0 Å². The summed E-state index contributed by atoms with van der Waals surface area (Å²) >= 11 is 4.51. The normalized spacial score (nSPS) is 26.6. The number of piperidine rings is 1. The molecule has 0 aliphatic carbocycles. The summed E-state index contributed by atoms with van der Waals surface area (Å²) in [6.07, 6.45) is 0.134. The van der Waals surface area contributed by atoms with Crippen LogP contribution in [0.1, 0.15) is 26.7 Å². The Morgan fingerprint density at radius 3 is 2.19 bits per heavy atom. The van der Waals surface area contributed by atoms with Gasteiger partial charge in [0.25, 0.3) is 0 Å². The number of nitrogens with one attached hydrogen (secondary N) is 2. The fourth-order valence-corrected chi connectivity index (χ4v) is 4.95. The van der Waals surface area contributed by atoms with Crippen molar-refractivity contribution in [2.45, 2.75) is 43.4 Å². The molecule has 6 N–H and O–H groups in total. The maximum Gasteiger partial charge on any atom is 0.343 e. The van der Waals surface area contributed by atoms with Gasteiger partial charge in [-0.2, -0.15) is 12.6 Å². The van der Waals surface area contributed by atoms with Gasteiger partial charge < -0.3 is 24.9 Å². The second-order valence-electron chi connectivity index (χ2n) is 6.01. The lowest BCUT2D eigenvalue weighted by Gasteiger charge is -2.38. The van der Waals surface area contributed by atoms with Crippen molar-refractivity contribution in [3.63, 3.8) is 0 Å². The highest BCUT2D eigenvalue weighted by molar-refractivity contribution is 7.81. The van der Waals surface area contributed by atoms with Crippen LogP contribution in [0, 0.1) is 5.92 Å². The third kappa shape index (κ3) is 7.12. The van der Waals surface area contributed by atoms with Crippen LogP contribution in [0.2, 0.25) is 0 Å². The summed E-state index contributed by atoms with van der Waals surface area (Å²) in [5.41, 5.74) is 0.